The monoisotopic (exact) mass is 409 g/mol. The van der Waals surface area contributed by atoms with Gasteiger partial charge in [0.2, 0.25) is 0 Å². The molecule has 2 atom stereocenters. The maximum Gasteiger partial charge on any atom is 0.274 e. The molecule has 0 radical (unpaired) electrons. The van der Waals surface area contributed by atoms with Gasteiger partial charge in [-0.05, 0) is 37.7 Å². The van der Waals surface area contributed by atoms with Crippen molar-refractivity contribution >= 4 is 17.5 Å². The molecule has 3 aliphatic rings. The zero-order valence-electron chi connectivity index (χ0n) is 17.3. The summed E-state index contributed by atoms with van der Waals surface area (Å²) < 4.78 is 1.22. The zero-order valence-corrected chi connectivity index (χ0v) is 17.3. The van der Waals surface area contributed by atoms with Crippen LogP contribution in [0.4, 0.5) is 11.6 Å². The number of hydrogen-bond donors (Lipinski definition) is 0. The number of hydrogen-bond acceptors (Lipinski definition) is 7. The number of piperidine rings is 1. The van der Waals surface area contributed by atoms with Crippen LogP contribution in [0.3, 0.4) is 0 Å². The highest BCUT2D eigenvalue weighted by Gasteiger charge is 2.41. The topological polar surface area (TPSA) is 87.5 Å². The van der Waals surface area contributed by atoms with Gasteiger partial charge >= 0.3 is 0 Å². The lowest BCUT2D eigenvalue weighted by Crippen LogP contribution is -2.50. The average Bonchev–Trinajstić information content (AvgIpc) is 3.45. The largest absolute Gasteiger partial charge is 0.356 e. The lowest BCUT2D eigenvalue weighted by molar-refractivity contribution is 0.0703. The van der Waals surface area contributed by atoms with Crippen LogP contribution in [0.2, 0.25) is 0 Å². The smallest absolute Gasteiger partial charge is 0.274 e. The third-order valence-corrected chi connectivity index (χ3v) is 6.70. The van der Waals surface area contributed by atoms with E-state index in [4.69, 9.17) is 0 Å². The maximum absolute atomic E-state index is 13.1. The molecule has 30 heavy (non-hydrogen) atoms. The molecule has 2 aromatic rings. The van der Waals surface area contributed by atoms with Crippen LogP contribution in [0.1, 0.15) is 36.2 Å². The third-order valence-electron chi connectivity index (χ3n) is 6.70. The van der Waals surface area contributed by atoms with Crippen LogP contribution in [-0.2, 0) is 7.05 Å². The molecular weight excluding hydrogens is 382 g/mol. The van der Waals surface area contributed by atoms with E-state index in [1.807, 2.05) is 4.90 Å². The Morgan fingerprint density at radius 3 is 2.50 bits per heavy atom. The number of aromatic nitrogens is 4. The Morgan fingerprint density at radius 2 is 1.73 bits per heavy atom. The summed E-state index contributed by atoms with van der Waals surface area (Å²) in [6.45, 7) is 4.54. The Bertz CT molecular complexity index is 1000. The molecule has 9 heteroatoms. The minimum atomic E-state index is -0.216. The van der Waals surface area contributed by atoms with Gasteiger partial charge in [-0.15, -0.1) is 0 Å². The van der Waals surface area contributed by atoms with E-state index in [-0.39, 0.29) is 17.5 Å². The summed E-state index contributed by atoms with van der Waals surface area (Å²) in [5, 5.41) is 4.16. The van der Waals surface area contributed by atoms with Crippen molar-refractivity contribution in [3.8, 4) is 0 Å². The van der Waals surface area contributed by atoms with Crippen LogP contribution in [0.15, 0.2) is 29.3 Å². The average molecular weight is 409 g/mol. The summed E-state index contributed by atoms with van der Waals surface area (Å²) >= 11 is 0. The van der Waals surface area contributed by atoms with E-state index in [2.05, 4.69) is 30.9 Å². The highest BCUT2D eigenvalue weighted by atomic mass is 16.2. The number of anilines is 2. The van der Waals surface area contributed by atoms with E-state index in [0.717, 1.165) is 57.2 Å². The Balaban J connectivity index is 1.35. The number of rotatable bonds is 3. The van der Waals surface area contributed by atoms with Crippen molar-refractivity contribution in [3.05, 3.63) is 40.6 Å². The highest BCUT2D eigenvalue weighted by molar-refractivity contribution is 5.92. The van der Waals surface area contributed by atoms with Crippen molar-refractivity contribution in [1.82, 2.24) is 24.6 Å². The van der Waals surface area contributed by atoms with E-state index in [0.29, 0.717) is 11.6 Å². The second kappa shape index (κ2) is 7.70. The maximum atomic E-state index is 13.1. The number of carbonyl (C=O) groups is 1. The van der Waals surface area contributed by atoms with Gasteiger partial charge < -0.3 is 14.7 Å². The molecule has 3 fully saturated rings. The Kier molecular flexibility index (Phi) is 4.88. The van der Waals surface area contributed by atoms with Crippen molar-refractivity contribution in [2.75, 3.05) is 42.5 Å². The molecule has 2 unspecified atom stereocenters. The Labute approximate surface area is 175 Å². The molecule has 158 valence electrons. The molecule has 5 rings (SSSR count). The minimum Gasteiger partial charge on any atom is -0.356 e. The normalized spacial score (nSPS) is 23.7. The summed E-state index contributed by atoms with van der Waals surface area (Å²) in [5.41, 5.74) is 0.112. The van der Waals surface area contributed by atoms with Gasteiger partial charge in [-0.1, -0.05) is 0 Å². The van der Waals surface area contributed by atoms with Crippen molar-refractivity contribution in [3.63, 3.8) is 0 Å². The molecule has 0 spiro atoms. The van der Waals surface area contributed by atoms with Crippen LogP contribution >= 0.6 is 0 Å². The fourth-order valence-electron chi connectivity index (χ4n) is 4.99. The van der Waals surface area contributed by atoms with Gasteiger partial charge in [-0.2, -0.15) is 5.10 Å². The first-order valence-corrected chi connectivity index (χ1v) is 10.8. The molecule has 5 heterocycles. The first-order valence-electron chi connectivity index (χ1n) is 10.8. The van der Waals surface area contributed by atoms with Crippen molar-refractivity contribution < 1.29 is 4.79 Å². The van der Waals surface area contributed by atoms with Crippen LogP contribution < -0.4 is 15.4 Å². The molecule has 0 saturated carbocycles. The molecule has 0 aliphatic carbocycles. The Morgan fingerprint density at radius 1 is 1.00 bits per heavy atom. The third kappa shape index (κ3) is 3.42. The molecular formula is C21H27N7O2. The Hall–Kier alpha value is -2.97. The number of carbonyl (C=O) groups excluding carboxylic acids is 1. The first kappa shape index (κ1) is 19.0. The molecule has 0 N–H and O–H groups in total. The predicted molar refractivity (Wildman–Crippen MR) is 113 cm³/mol. The standard InChI is InChI=1S/C21H27N7O2/c1-25-20(29)5-4-16(24-25)21(30)28-11-7-15-6-10-27(13-17(15)28)19-12-18(22-14-23-19)26-8-2-3-9-26/h4-5,12,14-15,17H,2-3,6-11,13H2,1H3. The number of nitrogens with zero attached hydrogens (tertiary/aromatic N) is 7. The van der Waals surface area contributed by atoms with Crippen LogP contribution in [0.5, 0.6) is 0 Å². The molecule has 2 aromatic heterocycles. The first-order chi connectivity index (χ1) is 14.6. The molecule has 0 aromatic carbocycles. The SMILES string of the molecule is Cn1nc(C(=O)N2CCC3CCN(c4cc(N5CCCC5)ncn4)CC32)ccc1=O. The predicted octanol–water partition coefficient (Wildman–Crippen LogP) is 0.912. The number of fused-ring (bicyclic) bond motifs is 1. The number of aryl methyl sites for hydroxylation is 1. The lowest BCUT2D eigenvalue weighted by atomic mass is 9.92. The van der Waals surface area contributed by atoms with Gasteiger partial charge in [0.05, 0.1) is 6.04 Å². The van der Waals surface area contributed by atoms with Gasteiger partial charge in [0, 0.05) is 51.9 Å². The van der Waals surface area contributed by atoms with Gasteiger partial charge in [-0.25, -0.2) is 14.6 Å². The van der Waals surface area contributed by atoms with E-state index < -0.39 is 0 Å². The van der Waals surface area contributed by atoms with Crippen LogP contribution in [0, 0.1) is 5.92 Å². The quantitative estimate of drug-likeness (QED) is 0.745. The van der Waals surface area contributed by atoms with E-state index in [1.165, 1.54) is 29.7 Å². The van der Waals surface area contributed by atoms with Gasteiger partial charge in [-0.3, -0.25) is 9.59 Å². The zero-order chi connectivity index (χ0) is 20.7. The number of amides is 1. The van der Waals surface area contributed by atoms with Crippen molar-refractivity contribution in [2.24, 2.45) is 13.0 Å². The summed E-state index contributed by atoms with van der Waals surface area (Å²) in [6.07, 6.45) is 6.13. The molecule has 3 saturated heterocycles. The molecule has 3 aliphatic heterocycles. The molecule has 1 amide bonds. The van der Waals surface area contributed by atoms with Gasteiger partial charge in [0.1, 0.15) is 23.7 Å². The van der Waals surface area contributed by atoms with E-state index in [9.17, 15) is 9.59 Å². The van der Waals surface area contributed by atoms with E-state index in [1.54, 1.807) is 13.4 Å². The summed E-state index contributed by atoms with van der Waals surface area (Å²) in [6, 6.07) is 5.16. The van der Waals surface area contributed by atoms with Crippen LogP contribution in [0.25, 0.3) is 0 Å². The molecule has 9 nitrogen and oxygen atoms in total. The van der Waals surface area contributed by atoms with E-state index >= 15 is 0 Å². The minimum absolute atomic E-state index is 0.0969. The lowest BCUT2D eigenvalue weighted by Gasteiger charge is -2.39. The van der Waals surface area contributed by atoms with Gasteiger partial charge in [0.15, 0.2) is 0 Å². The van der Waals surface area contributed by atoms with Gasteiger partial charge in [0.25, 0.3) is 11.5 Å². The summed E-state index contributed by atoms with van der Waals surface area (Å²) in [7, 11) is 1.57. The second-order valence-electron chi connectivity index (χ2n) is 8.46. The fourth-order valence-corrected chi connectivity index (χ4v) is 4.99. The van der Waals surface area contributed by atoms with Crippen LogP contribution in [-0.4, -0.2) is 69.3 Å². The second-order valence-corrected chi connectivity index (χ2v) is 8.46. The fraction of sp³-hybridized carbons (Fsp3) is 0.571. The molecule has 0 bridgehead atoms. The number of likely N-dealkylation sites (tertiary alicyclic amines) is 1. The summed E-state index contributed by atoms with van der Waals surface area (Å²) in [5.74, 6) is 2.33. The highest BCUT2D eigenvalue weighted by Crippen LogP contribution is 2.34. The van der Waals surface area contributed by atoms with Crippen molar-refractivity contribution in [2.45, 2.75) is 31.7 Å². The van der Waals surface area contributed by atoms with Crippen molar-refractivity contribution in [1.29, 1.82) is 0 Å². The summed E-state index contributed by atoms with van der Waals surface area (Å²) in [4.78, 5) is 40.3.